The normalized spacial score (nSPS) is 10.4. The monoisotopic (exact) mass is 274 g/mol. The lowest BCUT2D eigenvalue weighted by molar-refractivity contribution is 0.102. The first-order valence-corrected chi connectivity index (χ1v) is 6.44. The number of aryl methyl sites for hydroxylation is 2. The van der Waals surface area contributed by atoms with Gasteiger partial charge in [-0.15, -0.1) is 0 Å². The Hall–Kier alpha value is -2.37. The van der Waals surface area contributed by atoms with E-state index in [9.17, 15) is 4.79 Å². The highest BCUT2D eigenvalue weighted by Crippen LogP contribution is 2.21. The zero-order valence-electron chi connectivity index (χ0n) is 12.1. The molecule has 2 rings (SSSR count). The van der Waals surface area contributed by atoms with Crippen LogP contribution >= 0.6 is 0 Å². The molecular formula is C14H18N4O2. The number of rotatable bonds is 4. The molecule has 2 aromatic heterocycles. The Labute approximate surface area is 117 Å². The summed E-state index contributed by atoms with van der Waals surface area (Å²) in [6.45, 7) is 6.08. The lowest BCUT2D eigenvalue weighted by atomic mass is 10.2. The number of anilines is 1. The number of carbonyl (C=O) groups is 1. The molecule has 2 heterocycles. The summed E-state index contributed by atoms with van der Waals surface area (Å²) in [7, 11) is 1.84. The van der Waals surface area contributed by atoms with Crippen LogP contribution in [0.2, 0.25) is 0 Å². The number of carbonyl (C=O) groups excluding carboxylic acids is 1. The molecule has 6 nitrogen and oxygen atoms in total. The summed E-state index contributed by atoms with van der Waals surface area (Å²) in [5, 5.41) is 7.14. The predicted octanol–water partition coefficient (Wildman–Crippen LogP) is 2.08. The van der Waals surface area contributed by atoms with Crippen LogP contribution in [0.25, 0.3) is 0 Å². The molecule has 106 valence electrons. The number of nitrogens with zero attached hydrogens (tertiary/aromatic N) is 3. The van der Waals surface area contributed by atoms with Crippen molar-refractivity contribution in [3.63, 3.8) is 0 Å². The van der Waals surface area contributed by atoms with E-state index in [1.165, 1.54) is 0 Å². The second kappa shape index (κ2) is 5.73. The molecule has 0 aliphatic rings. The Morgan fingerprint density at radius 2 is 2.20 bits per heavy atom. The van der Waals surface area contributed by atoms with Gasteiger partial charge in [0.1, 0.15) is 5.56 Å². The predicted molar refractivity (Wildman–Crippen MR) is 76.0 cm³/mol. The third-order valence-corrected chi connectivity index (χ3v) is 3.04. The third-order valence-electron chi connectivity index (χ3n) is 3.04. The van der Waals surface area contributed by atoms with Crippen molar-refractivity contribution in [2.75, 3.05) is 11.9 Å². The standard InChI is InChI=1S/C14H18N4O2/c1-5-20-14-11(7-6-8-15-14)13(19)16-12-9(2)17-18(4)10(12)3/h6-8H,5H2,1-4H3,(H,16,19). The first kappa shape index (κ1) is 14.0. The van der Waals surface area contributed by atoms with Gasteiger partial charge in [0, 0.05) is 13.2 Å². The molecule has 0 fully saturated rings. The highest BCUT2D eigenvalue weighted by atomic mass is 16.5. The van der Waals surface area contributed by atoms with Crippen LogP contribution in [0.15, 0.2) is 18.3 Å². The average Bonchev–Trinajstić information content (AvgIpc) is 2.66. The van der Waals surface area contributed by atoms with Crippen LogP contribution in [0, 0.1) is 13.8 Å². The van der Waals surface area contributed by atoms with Gasteiger partial charge in [0.25, 0.3) is 5.91 Å². The van der Waals surface area contributed by atoms with Gasteiger partial charge in [0.05, 0.1) is 23.7 Å². The first-order chi connectivity index (χ1) is 9.54. The molecule has 0 bridgehead atoms. The van der Waals surface area contributed by atoms with E-state index in [1.54, 1.807) is 23.0 Å². The van der Waals surface area contributed by atoms with Gasteiger partial charge in [-0.05, 0) is 32.9 Å². The molecule has 1 amide bonds. The Balaban J connectivity index is 2.29. The molecule has 0 aromatic carbocycles. The maximum absolute atomic E-state index is 12.4. The second-order valence-corrected chi connectivity index (χ2v) is 4.41. The van der Waals surface area contributed by atoms with Crippen LogP contribution in [0.5, 0.6) is 5.88 Å². The minimum Gasteiger partial charge on any atom is -0.477 e. The van der Waals surface area contributed by atoms with E-state index in [0.717, 1.165) is 17.1 Å². The average molecular weight is 274 g/mol. The van der Waals surface area contributed by atoms with Crippen molar-refractivity contribution in [3.8, 4) is 5.88 Å². The Bertz CT molecular complexity index is 634. The van der Waals surface area contributed by atoms with Crippen molar-refractivity contribution in [1.29, 1.82) is 0 Å². The largest absolute Gasteiger partial charge is 0.477 e. The number of aromatic nitrogens is 3. The summed E-state index contributed by atoms with van der Waals surface area (Å²) < 4.78 is 7.10. The maximum atomic E-state index is 12.4. The number of ether oxygens (including phenoxy) is 1. The molecule has 0 atom stereocenters. The molecule has 6 heteroatoms. The smallest absolute Gasteiger partial charge is 0.261 e. The lowest BCUT2D eigenvalue weighted by Gasteiger charge is -2.09. The number of hydrogen-bond acceptors (Lipinski definition) is 4. The fourth-order valence-corrected chi connectivity index (χ4v) is 1.95. The van der Waals surface area contributed by atoms with Crippen molar-refractivity contribution in [3.05, 3.63) is 35.3 Å². The molecule has 1 N–H and O–H groups in total. The van der Waals surface area contributed by atoms with Gasteiger partial charge < -0.3 is 10.1 Å². The van der Waals surface area contributed by atoms with Crippen LogP contribution in [-0.4, -0.2) is 27.3 Å². The third kappa shape index (κ3) is 2.64. The van der Waals surface area contributed by atoms with Gasteiger partial charge in [0.2, 0.25) is 5.88 Å². The number of pyridine rings is 1. The van der Waals surface area contributed by atoms with Crippen LogP contribution in [0.4, 0.5) is 5.69 Å². The van der Waals surface area contributed by atoms with Crippen LogP contribution in [0.3, 0.4) is 0 Å². The van der Waals surface area contributed by atoms with Crippen LogP contribution < -0.4 is 10.1 Å². The molecule has 2 aromatic rings. The van der Waals surface area contributed by atoms with Gasteiger partial charge in [0.15, 0.2) is 0 Å². The summed E-state index contributed by atoms with van der Waals surface area (Å²) in [6.07, 6.45) is 1.60. The summed E-state index contributed by atoms with van der Waals surface area (Å²) in [6, 6.07) is 3.40. The lowest BCUT2D eigenvalue weighted by Crippen LogP contribution is -2.15. The van der Waals surface area contributed by atoms with E-state index in [4.69, 9.17) is 4.74 Å². The van der Waals surface area contributed by atoms with E-state index in [1.807, 2.05) is 27.8 Å². The Morgan fingerprint density at radius 1 is 1.45 bits per heavy atom. The molecule has 0 unspecified atom stereocenters. The SMILES string of the molecule is CCOc1ncccc1C(=O)Nc1c(C)nn(C)c1C. The molecule has 20 heavy (non-hydrogen) atoms. The second-order valence-electron chi connectivity index (χ2n) is 4.41. The summed E-state index contributed by atoms with van der Waals surface area (Å²) >= 11 is 0. The molecule has 0 aliphatic heterocycles. The Kier molecular flexibility index (Phi) is 4.02. The maximum Gasteiger partial charge on any atom is 0.261 e. The van der Waals surface area contributed by atoms with Gasteiger partial charge >= 0.3 is 0 Å². The molecule has 0 saturated carbocycles. The van der Waals surface area contributed by atoms with E-state index >= 15 is 0 Å². The van der Waals surface area contributed by atoms with Crippen molar-refractivity contribution in [2.24, 2.45) is 7.05 Å². The minimum absolute atomic E-state index is 0.249. The van der Waals surface area contributed by atoms with Crippen LogP contribution in [0.1, 0.15) is 28.7 Å². The van der Waals surface area contributed by atoms with Gasteiger partial charge in [-0.3, -0.25) is 9.48 Å². The number of amides is 1. The van der Waals surface area contributed by atoms with E-state index in [0.29, 0.717) is 18.1 Å². The topological polar surface area (TPSA) is 69.0 Å². The van der Waals surface area contributed by atoms with Gasteiger partial charge in [-0.25, -0.2) is 4.98 Å². The van der Waals surface area contributed by atoms with E-state index in [-0.39, 0.29) is 5.91 Å². The highest BCUT2D eigenvalue weighted by Gasteiger charge is 2.17. The first-order valence-electron chi connectivity index (χ1n) is 6.44. The van der Waals surface area contributed by atoms with E-state index < -0.39 is 0 Å². The quantitative estimate of drug-likeness (QED) is 0.926. The summed E-state index contributed by atoms with van der Waals surface area (Å²) in [5.41, 5.74) is 2.82. The van der Waals surface area contributed by atoms with Crippen molar-refractivity contribution in [1.82, 2.24) is 14.8 Å². The Morgan fingerprint density at radius 3 is 2.80 bits per heavy atom. The van der Waals surface area contributed by atoms with Gasteiger partial charge in [-0.2, -0.15) is 5.10 Å². The van der Waals surface area contributed by atoms with E-state index in [2.05, 4.69) is 15.4 Å². The fourth-order valence-electron chi connectivity index (χ4n) is 1.95. The number of nitrogens with one attached hydrogen (secondary N) is 1. The summed E-state index contributed by atoms with van der Waals surface area (Å²) in [5.74, 6) is 0.0902. The number of hydrogen-bond donors (Lipinski definition) is 1. The summed E-state index contributed by atoms with van der Waals surface area (Å²) in [4.78, 5) is 16.4. The molecular weight excluding hydrogens is 256 g/mol. The fraction of sp³-hybridized carbons (Fsp3) is 0.357. The minimum atomic E-state index is -0.249. The van der Waals surface area contributed by atoms with Gasteiger partial charge in [-0.1, -0.05) is 0 Å². The van der Waals surface area contributed by atoms with Crippen molar-refractivity contribution in [2.45, 2.75) is 20.8 Å². The molecule has 0 spiro atoms. The zero-order chi connectivity index (χ0) is 14.7. The molecule has 0 radical (unpaired) electrons. The van der Waals surface area contributed by atoms with Crippen molar-refractivity contribution < 1.29 is 9.53 Å². The van der Waals surface area contributed by atoms with Crippen LogP contribution in [-0.2, 0) is 7.05 Å². The van der Waals surface area contributed by atoms with Crippen molar-refractivity contribution >= 4 is 11.6 Å². The molecule has 0 saturated heterocycles. The highest BCUT2D eigenvalue weighted by molar-refractivity contribution is 6.06. The zero-order valence-corrected chi connectivity index (χ0v) is 12.1. The molecule has 0 aliphatic carbocycles.